The first-order valence-corrected chi connectivity index (χ1v) is 10.9. The number of rotatable bonds is 18. The minimum Gasteiger partial charge on any atom is -0.275 e. The van der Waals surface area contributed by atoms with Gasteiger partial charge < -0.3 is 0 Å². The van der Waals surface area contributed by atoms with Gasteiger partial charge in [0, 0.05) is 0 Å². The van der Waals surface area contributed by atoms with Crippen LogP contribution in [-0.4, -0.2) is 11.8 Å². The molecule has 0 saturated carbocycles. The smallest absolute Gasteiger partial charge is 0.275 e. The molecule has 0 bridgehead atoms. The molecular formula is C20H40N2O4. The van der Waals surface area contributed by atoms with Crippen molar-refractivity contribution >= 4 is 0 Å². The SMILES string of the molecule is CCCCCCCCCCCCCCCCCC(C1(N)OO1)C1(N)OO1. The van der Waals surface area contributed by atoms with Crippen LogP contribution in [0.5, 0.6) is 0 Å². The minimum atomic E-state index is -1.12. The number of hydrogen-bond acceptors (Lipinski definition) is 6. The standard InChI is InChI=1S/C20H40N2O4/c1-2-3-4-5-6-7-8-9-10-11-12-13-14-15-16-17-18(19(21)23-24-19)20(22)25-26-20/h18H,2-17,21-22H2,1H3. The highest BCUT2D eigenvalue weighted by Gasteiger charge is 2.67. The first-order chi connectivity index (χ1) is 12.6. The van der Waals surface area contributed by atoms with Crippen LogP contribution in [0.2, 0.25) is 0 Å². The van der Waals surface area contributed by atoms with Crippen LogP contribution in [0, 0.1) is 5.92 Å². The molecule has 2 rings (SSSR count). The summed E-state index contributed by atoms with van der Waals surface area (Å²) in [5, 5.41) is 0. The summed E-state index contributed by atoms with van der Waals surface area (Å²) in [5.41, 5.74) is 11.8. The molecule has 2 fully saturated rings. The predicted molar refractivity (Wildman–Crippen MR) is 101 cm³/mol. The molecule has 2 saturated heterocycles. The van der Waals surface area contributed by atoms with E-state index >= 15 is 0 Å². The lowest BCUT2D eigenvalue weighted by Crippen LogP contribution is -2.47. The second-order valence-corrected chi connectivity index (χ2v) is 8.07. The fraction of sp³-hybridized carbons (Fsp3) is 1.00. The van der Waals surface area contributed by atoms with E-state index < -0.39 is 11.8 Å². The molecular weight excluding hydrogens is 332 g/mol. The molecule has 0 aliphatic carbocycles. The van der Waals surface area contributed by atoms with Gasteiger partial charge in [0.05, 0.1) is 0 Å². The molecule has 0 atom stereocenters. The van der Waals surface area contributed by atoms with Crippen LogP contribution in [-0.2, 0) is 19.6 Å². The molecule has 2 aliphatic rings. The molecule has 0 aromatic heterocycles. The molecule has 0 unspecified atom stereocenters. The van der Waals surface area contributed by atoms with Gasteiger partial charge in [0.25, 0.3) is 11.8 Å². The van der Waals surface area contributed by atoms with Gasteiger partial charge in [-0.15, -0.1) is 0 Å². The van der Waals surface area contributed by atoms with E-state index in [9.17, 15) is 0 Å². The van der Waals surface area contributed by atoms with E-state index in [0.29, 0.717) is 0 Å². The molecule has 2 aliphatic heterocycles. The molecule has 0 radical (unpaired) electrons. The monoisotopic (exact) mass is 372 g/mol. The van der Waals surface area contributed by atoms with Crippen LogP contribution in [0.1, 0.15) is 110 Å². The van der Waals surface area contributed by atoms with Crippen LogP contribution >= 0.6 is 0 Å². The Morgan fingerprint density at radius 3 is 1.15 bits per heavy atom. The lowest BCUT2D eigenvalue weighted by atomic mass is 9.94. The van der Waals surface area contributed by atoms with Crippen LogP contribution < -0.4 is 11.5 Å². The van der Waals surface area contributed by atoms with Crippen molar-refractivity contribution in [1.82, 2.24) is 0 Å². The average Bonchev–Trinajstić information content (AvgIpc) is 3.54. The summed E-state index contributed by atoms with van der Waals surface area (Å²) in [5.74, 6) is -2.53. The third-order valence-electron chi connectivity index (χ3n) is 5.62. The number of unbranched alkanes of at least 4 members (excludes halogenated alkanes) is 14. The lowest BCUT2D eigenvalue weighted by Gasteiger charge is -2.17. The highest BCUT2D eigenvalue weighted by molar-refractivity contribution is 4.89. The molecule has 0 aromatic rings. The van der Waals surface area contributed by atoms with E-state index in [1.54, 1.807) is 0 Å². The van der Waals surface area contributed by atoms with Crippen molar-refractivity contribution in [2.24, 2.45) is 17.4 Å². The van der Waals surface area contributed by atoms with Gasteiger partial charge in [-0.1, -0.05) is 103 Å². The topological polar surface area (TPSA) is 102 Å². The van der Waals surface area contributed by atoms with Gasteiger partial charge in [-0.3, -0.25) is 11.5 Å². The molecule has 0 spiro atoms. The van der Waals surface area contributed by atoms with Gasteiger partial charge >= 0.3 is 0 Å². The second kappa shape index (κ2) is 11.6. The molecule has 6 nitrogen and oxygen atoms in total. The highest BCUT2D eigenvalue weighted by atomic mass is 17.4. The fourth-order valence-electron chi connectivity index (χ4n) is 3.73. The van der Waals surface area contributed by atoms with E-state index in [1.165, 1.54) is 89.9 Å². The summed E-state index contributed by atoms with van der Waals surface area (Å²) in [4.78, 5) is 19.3. The van der Waals surface area contributed by atoms with Crippen molar-refractivity contribution in [3.63, 3.8) is 0 Å². The van der Waals surface area contributed by atoms with E-state index in [4.69, 9.17) is 31.0 Å². The van der Waals surface area contributed by atoms with Crippen LogP contribution in [0.25, 0.3) is 0 Å². The van der Waals surface area contributed by atoms with E-state index in [1.807, 2.05) is 0 Å². The van der Waals surface area contributed by atoms with Gasteiger partial charge in [0.15, 0.2) is 0 Å². The highest BCUT2D eigenvalue weighted by Crippen LogP contribution is 2.46. The average molecular weight is 373 g/mol. The first kappa shape index (κ1) is 22.1. The minimum absolute atomic E-state index is 0.281. The summed E-state index contributed by atoms with van der Waals surface area (Å²) in [6.45, 7) is 2.28. The fourth-order valence-corrected chi connectivity index (χ4v) is 3.73. The maximum Gasteiger partial charge on any atom is 0.294 e. The second-order valence-electron chi connectivity index (χ2n) is 8.07. The van der Waals surface area contributed by atoms with Gasteiger partial charge in [-0.25, -0.2) is 0 Å². The Kier molecular flexibility index (Phi) is 9.81. The van der Waals surface area contributed by atoms with Crippen LogP contribution in [0.3, 0.4) is 0 Å². The van der Waals surface area contributed by atoms with Crippen molar-refractivity contribution in [1.29, 1.82) is 0 Å². The Hall–Kier alpha value is -0.240. The Bertz CT molecular complexity index is 355. The zero-order valence-corrected chi connectivity index (χ0v) is 16.7. The molecule has 0 amide bonds. The molecule has 0 aromatic carbocycles. The maximum absolute atomic E-state index is 5.89. The lowest BCUT2D eigenvalue weighted by molar-refractivity contribution is 0.0850. The van der Waals surface area contributed by atoms with E-state index in [2.05, 4.69) is 6.92 Å². The zero-order valence-electron chi connectivity index (χ0n) is 16.7. The molecule has 154 valence electrons. The van der Waals surface area contributed by atoms with Gasteiger partial charge in [-0.05, 0) is 6.42 Å². The van der Waals surface area contributed by atoms with Crippen molar-refractivity contribution in [3.05, 3.63) is 0 Å². The Balaban J connectivity index is 1.32. The third-order valence-corrected chi connectivity index (χ3v) is 5.62. The number of hydrogen-bond donors (Lipinski definition) is 2. The summed E-state index contributed by atoms with van der Waals surface area (Å²) >= 11 is 0. The van der Waals surface area contributed by atoms with Crippen LogP contribution in [0.15, 0.2) is 0 Å². The maximum atomic E-state index is 5.89. The van der Waals surface area contributed by atoms with Gasteiger partial charge in [0.2, 0.25) is 0 Å². The van der Waals surface area contributed by atoms with E-state index in [-0.39, 0.29) is 5.92 Å². The molecule has 4 N–H and O–H groups in total. The van der Waals surface area contributed by atoms with E-state index in [0.717, 1.165) is 12.8 Å². The largest absolute Gasteiger partial charge is 0.294 e. The summed E-state index contributed by atoms with van der Waals surface area (Å²) in [6, 6.07) is 0. The predicted octanol–water partition coefficient (Wildman–Crippen LogP) is 5.01. The van der Waals surface area contributed by atoms with Crippen LogP contribution in [0.4, 0.5) is 0 Å². The third kappa shape index (κ3) is 8.19. The van der Waals surface area contributed by atoms with Crippen molar-refractivity contribution in [2.45, 2.75) is 121 Å². The Morgan fingerprint density at radius 1 is 0.538 bits per heavy atom. The Labute approximate surface area is 159 Å². The van der Waals surface area contributed by atoms with Crippen molar-refractivity contribution in [2.75, 3.05) is 0 Å². The van der Waals surface area contributed by atoms with Gasteiger partial charge in [-0.2, -0.15) is 19.6 Å². The molecule has 26 heavy (non-hydrogen) atoms. The Morgan fingerprint density at radius 2 is 0.846 bits per heavy atom. The summed E-state index contributed by atoms with van der Waals surface area (Å²) < 4.78 is 0. The van der Waals surface area contributed by atoms with Gasteiger partial charge in [0.1, 0.15) is 5.92 Å². The quantitative estimate of drug-likeness (QED) is 0.199. The molecule has 2 heterocycles. The van der Waals surface area contributed by atoms with Crippen molar-refractivity contribution < 1.29 is 19.6 Å². The normalized spacial score (nSPS) is 19.8. The molecule has 6 heteroatoms. The summed E-state index contributed by atoms with van der Waals surface area (Å²) in [7, 11) is 0. The summed E-state index contributed by atoms with van der Waals surface area (Å²) in [6.07, 6.45) is 21.0. The zero-order chi connectivity index (χ0) is 18.7. The van der Waals surface area contributed by atoms with Crippen molar-refractivity contribution in [3.8, 4) is 0 Å². The number of nitrogens with two attached hydrogens (primary N) is 2. The first-order valence-electron chi connectivity index (χ1n) is 10.9.